The molecule has 0 fully saturated rings. The number of carboxylic acid groups (broad SMARTS) is 1. The summed E-state index contributed by atoms with van der Waals surface area (Å²) in [5.41, 5.74) is 0. The molecule has 0 heterocycles. The van der Waals surface area contributed by atoms with E-state index in [2.05, 4.69) is 184 Å². The second-order valence-electron chi connectivity index (χ2n) is 21.2. The minimum atomic E-state index is -1.53. The number of hydrogen-bond acceptors (Lipinski definition) is 7. The lowest BCUT2D eigenvalue weighted by Crippen LogP contribution is -2.40. The standard InChI is InChI=1S/C72H113NO8/c1-6-8-10-12-14-16-18-20-22-24-25-26-27-28-29-30-31-32-33-34-35-36-37-38-39-40-41-42-43-44-45-47-49-51-53-55-57-59-61-63-70(75)81-68(67-80-72(71(76)77)78-65-64-73(3,4)5)66-79-69(74)62-60-58-56-54-52-50-48-46-23-21-19-17-15-13-11-9-7-2/h8-11,14-17,20-23,25-26,28-29,31-32,34-35,37-38,40-41,43-44,48,50,68,72H,6-7,12-13,18-19,24,27,30,33,36,39,42,45-47,49,51-67H2,1-5H3/p+1/b10-8-,11-9-,16-14-,17-15-,22-20-,23-21-,26-25-,29-28-,32-31-,35-34-,38-37-,41-40-,44-43-,50-48-. The van der Waals surface area contributed by atoms with E-state index < -0.39 is 24.3 Å². The molecule has 0 radical (unpaired) electrons. The Kier molecular flexibility index (Phi) is 56.7. The number of allylic oxidation sites excluding steroid dienone is 28. The number of carbonyl (C=O) groups is 3. The third kappa shape index (κ3) is 62.1. The first-order chi connectivity index (χ1) is 39.6. The first-order valence-corrected chi connectivity index (χ1v) is 31.3. The Balaban J connectivity index is 4.24. The minimum Gasteiger partial charge on any atom is -0.477 e. The highest BCUT2D eigenvalue weighted by Crippen LogP contribution is 2.14. The van der Waals surface area contributed by atoms with Crippen LogP contribution in [-0.2, 0) is 33.3 Å². The summed E-state index contributed by atoms with van der Waals surface area (Å²) >= 11 is 0. The van der Waals surface area contributed by atoms with Crippen LogP contribution in [0.4, 0.5) is 0 Å². The lowest BCUT2D eigenvalue weighted by molar-refractivity contribution is -0.870. The van der Waals surface area contributed by atoms with Gasteiger partial charge in [0, 0.05) is 12.8 Å². The summed E-state index contributed by atoms with van der Waals surface area (Å²) in [6.07, 6.45) is 88.7. The Bertz CT molecular complexity index is 1930. The topological polar surface area (TPSA) is 108 Å². The molecular formula is C72H114NO8+. The van der Waals surface area contributed by atoms with Crippen LogP contribution in [0.2, 0.25) is 0 Å². The summed E-state index contributed by atoms with van der Waals surface area (Å²) in [4.78, 5) is 37.4. The number of esters is 2. The highest BCUT2D eigenvalue weighted by atomic mass is 16.7. The zero-order valence-electron chi connectivity index (χ0n) is 51.6. The number of hydrogen-bond donors (Lipinski definition) is 1. The SMILES string of the molecule is CC/C=C\C/C=C\C/C=C\C/C=C\C/C=C\C/C=C\C/C=C\C/C=C\C/C=C\C/C=C\CCCCCCCCCCC(=O)OC(COC(=O)CCCCCC/C=C\C/C=C\C/C=C\C/C=C\CC)COC(OCC[N+](C)(C)C)C(=O)O. The Labute approximate surface area is 495 Å². The number of aliphatic carboxylic acids is 1. The quantitative estimate of drug-likeness (QED) is 0.0211. The molecule has 0 rings (SSSR count). The smallest absolute Gasteiger partial charge is 0.361 e. The van der Waals surface area contributed by atoms with Gasteiger partial charge in [-0.15, -0.1) is 0 Å². The van der Waals surface area contributed by atoms with Crippen LogP contribution in [0, 0.1) is 0 Å². The Morgan fingerprint density at radius 3 is 0.988 bits per heavy atom. The molecule has 1 N–H and O–H groups in total. The molecule has 0 aromatic carbocycles. The van der Waals surface area contributed by atoms with Crippen LogP contribution in [0.5, 0.6) is 0 Å². The van der Waals surface area contributed by atoms with Crippen molar-refractivity contribution >= 4 is 17.9 Å². The van der Waals surface area contributed by atoms with Gasteiger partial charge >= 0.3 is 17.9 Å². The number of rotatable bonds is 55. The summed E-state index contributed by atoms with van der Waals surface area (Å²) in [6, 6.07) is 0. The molecule has 9 nitrogen and oxygen atoms in total. The fourth-order valence-electron chi connectivity index (χ4n) is 7.74. The van der Waals surface area contributed by atoms with E-state index in [0.717, 1.165) is 141 Å². The van der Waals surface area contributed by atoms with Crippen molar-refractivity contribution in [2.45, 2.75) is 219 Å². The highest BCUT2D eigenvalue weighted by Gasteiger charge is 2.25. The van der Waals surface area contributed by atoms with E-state index in [9.17, 15) is 19.5 Å². The van der Waals surface area contributed by atoms with E-state index in [1.807, 2.05) is 21.1 Å². The lowest BCUT2D eigenvalue weighted by Gasteiger charge is -2.25. The summed E-state index contributed by atoms with van der Waals surface area (Å²) in [7, 11) is 5.94. The van der Waals surface area contributed by atoms with Crippen LogP contribution in [-0.4, -0.2) is 87.4 Å². The van der Waals surface area contributed by atoms with Crippen LogP contribution in [0.1, 0.15) is 206 Å². The summed E-state index contributed by atoms with van der Waals surface area (Å²) < 4.78 is 22.8. The molecule has 0 spiro atoms. The van der Waals surface area contributed by atoms with Gasteiger partial charge in [-0.3, -0.25) is 9.59 Å². The van der Waals surface area contributed by atoms with Crippen molar-refractivity contribution < 1.29 is 42.9 Å². The summed E-state index contributed by atoms with van der Waals surface area (Å²) in [5.74, 6) is -2.07. The maximum atomic E-state index is 12.9. The average Bonchev–Trinajstić information content (AvgIpc) is 3.44. The normalized spacial score (nSPS) is 13.9. The van der Waals surface area contributed by atoms with Gasteiger partial charge in [0.1, 0.15) is 13.2 Å². The monoisotopic (exact) mass is 1120 g/mol. The molecule has 2 atom stereocenters. The van der Waals surface area contributed by atoms with E-state index in [0.29, 0.717) is 23.9 Å². The van der Waals surface area contributed by atoms with Crippen molar-refractivity contribution in [3.8, 4) is 0 Å². The molecule has 454 valence electrons. The van der Waals surface area contributed by atoms with Gasteiger partial charge in [-0.25, -0.2) is 4.79 Å². The molecule has 0 aliphatic carbocycles. The second kappa shape index (κ2) is 60.7. The number of carbonyl (C=O) groups excluding carboxylic acids is 2. The molecule has 0 aliphatic rings. The largest absolute Gasteiger partial charge is 0.477 e. The Hall–Kier alpha value is -5.35. The van der Waals surface area contributed by atoms with Crippen molar-refractivity contribution in [3.05, 3.63) is 170 Å². The number of ether oxygens (including phenoxy) is 4. The fourth-order valence-corrected chi connectivity index (χ4v) is 7.74. The van der Waals surface area contributed by atoms with Gasteiger partial charge in [0.05, 0.1) is 34.4 Å². The molecule has 0 aromatic heterocycles. The minimum absolute atomic E-state index is 0.172. The molecule has 81 heavy (non-hydrogen) atoms. The van der Waals surface area contributed by atoms with Crippen molar-refractivity contribution in [1.29, 1.82) is 0 Å². The van der Waals surface area contributed by atoms with Crippen molar-refractivity contribution in [2.24, 2.45) is 0 Å². The van der Waals surface area contributed by atoms with Gasteiger partial charge in [-0.2, -0.15) is 0 Å². The maximum absolute atomic E-state index is 12.9. The predicted molar refractivity (Wildman–Crippen MR) is 345 cm³/mol. The maximum Gasteiger partial charge on any atom is 0.361 e. The molecule has 0 aliphatic heterocycles. The molecule has 0 saturated carbocycles. The first kappa shape index (κ1) is 75.7. The number of unbranched alkanes of at least 4 members (excludes halogenated alkanes) is 12. The third-order valence-corrected chi connectivity index (χ3v) is 12.5. The van der Waals surface area contributed by atoms with Gasteiger partial charge in [-0.1, -0.05) is 235 Å². The molecule has 2 unspecified atom stereocenters. The molecular weight excluding hydrogens is 1010 g/mol. The number of quaternary nitrogens is 1. The van der Waals surface area contributed by atoms with Crippen LogP contribution in [0.15, 0.2) is 170 Å². The van der Waals surface area contributed by atoms with Gasteiger partial charge < -0.3 is 28.5 Å². The fraction of sp³-hybridized carbons (Fsp3) is 0.569. The first-order valence-electron chi connectivity index (χ1n) is 31.3. The lowest BCUT2D eigenvalue weighted by atomic mass is 10.1. The van der Waals surface area contributed by atoms with Crippen LogP contribution in [0.25, 0.3) is 0 Å². The zero-order valence-corrected chi connectivity index (χ0v) is 51.6. The van der Waals surface area contributed by atoms with E-state index in [-0.39, 0.29) is 38.6 Å². The molecule has 0 saturated heterocycles. The van der Waals surface area contributed by atoms with Crippen molar-refractivity contribution in [1.82, 2.24) is 0 Å². The summed E-state index contributed by atoms with van der Waals surface area (Å²) in [5, 5.41) is 9.71. The second-order valence-corrected chi connectivity index (χ2v) is 21.2. The van der Waals surface area contributed by atoms with Crippen molar-refractivity contribution in [2.75, 3.05) is 47.5 Å². The van der Waals surface area contributed by atoms with E-state index in [1.165, 1.54) is 25.7 Å². The average molecular weight is 1120 g/mol. The van der Waals surface area contributed by atoms with Crippen LogP contribution >= 0.6 is 0 Å². The van der Waals surface area contributed by atoms with Gasteiger partial charge in [0.2, 0.25) is 0 Å². The van der Waals surface area contributed by atoms with Crippen LogP contribution in [0.3, 0.4) is 0 Å². The number of likely N-dealkylation sites (N-methyl/N-ethyl adjacent to an activating group) is 1. The van der Waals surface area contributed by atoms with E-state index in [1.54, 1.807) is 0 Å². The number of nitrogens with zero attached hydrogens (tertiary/aromatic N) is 1. The molecule has 0 amide bonds. The predicted octanol–water partition coefficient (Wildman–Crippen LogP) is 19.1. The van der Waals surface area contributed by atoms with Gasteiger partial charge in [0.15, 0.2) is 6.10 Å². The molecule has 9 heteroatoms. The highest BCUT2D eigenvalue weighted by molar-refractivity contribution is 5.71. The molecule has 0 bridgehead atoms. The van der Waals surface area contributed by atoms with Crippen LogP contribution < -0.4 is 0 Å². The zero-order chi connectivity index (χ0) is 59.1. The van der Waals surface area contributed by atoms with E-state index >= 15 is 0 Å². The van der Waals surface area contributed by atoms with E-state index in [4.69, 9.17) is 18.9 Å². The number of carboxylic acids is 1. The Morgan fingerprint density at radius 1 is 0.370 bits per heavy atom. The van der Waals surface area contributed by atoms with Gasteiger partial charge in [-0.05, 0) is 128 Å². The third-order valence-electron chi connectivity index (χ3n) is 12.5. The van der Waals surface area contributed by atoms with Gasteiger partial charge in [0.25, 0.3) is 6.29 Å². The van der Waals surface area contributed by atoms with Crippen molar-refractivity contribution in [3.63, 3.8) is 0 Å². The molecule has 0 aromatic rings. The Morgan fingerprint density at radius 2 is 0.667 bits per heavy atom. The summed E-state index contributed by atoms with van der Waals surface area (Å²) in [6.45, 7) is 4.58.